The van der Waals surface area contributed by atoms with Gasteiger partial charge in [-0.15, -0.1) is 0 Å². The molecular weight excluding hydrogens is 322 g/mol. The Labute approximate surface area is 125 Å². The summed E-state index contributed by atoms with van der Waals surface area (Å²) in [7, 11) is 0. The van der Waals surface area contributed by atoms with E-state index in [-0.39, 0.29) is 5.69 Å². The lowest BCUT2D eigenvalue weighted by Crippen LogP contribution is -2.14. The van der Waals surface area contributed by atoms with Gasteiger partial charge < -0.3 is 5.32 Å². The van der Waals surface area contributed by atoms with Crippen LogP contribution in [0.5, 0.6) is 0 Å². The molecule has 1 heterocycles. The standard InChI is InChI=1S/C14H14BrN3O2/c1-10-7-16-5-4-11(10)8-17-9-12-2-3-13(18(19)20)6-14(12)15/h2-7,17H,8-9H2,1H3. The molecule has 0 aliphatic rings. The molecule has 20 heavy (non-hydrogen) atoms. The fourth-order valence-electron chi connectivity index (χ4n) is 1.83. The van der Waals surface area contributed by atoms with Gasteiger partial charge in [0.2, 0.25) is 0 Å². The molecule has 2 rings (SSSR count). The van der Waals surface area contributed by atoms with E-state index in [1.165, 1.54) is 17.7 Å². The van der Waals surface area contributed by atoms with Gasteiger partial charge in [-0.05, 0) is 35.7 Å². The number of pyridine rings is 1. The largest absolute Gasteiger partial charge is 0.309 e. The third-order valence-electron chi connectivity index (χ3n) is 3.01. The van der Waals surface area contributed by atoms with Gasteiger partial charge in [0.05, 0.1) is 4.92 Å². The van der Waals surface area contributed by atoms with Gasteiger partial charge in [0, 0.05) is 42.1 Å². The zero-order chi connectivity index (χ0) is 14.5. The lowest BCUT2D eigenvalue weighted by Gasteiger charge is -2.08. The molecule has 0 amide bonds. The summed E-state index contributed by atoms with van der Waals surface area (Å²) in [5, 5.41) is 14.0. The fraction of sp³-hybridized carbons (Fsp3) is 0.214. The molecule has 0 saturated carbocycles. The van der Waals surface area contributed by atoms with Crippen LogP contribution in [0.4, 0.5) is 5.69 Å². The van der Waals surface area contributed by atoms with E-state index in [9.17, 15) is 10.1 Å². The van der Waals surface area contributed by atoms with Crippen LogP contribution in [0.3, 0.4) is 0 Å². The number of nitro benzene ring substituents is 1. The number of benzene rings is 1. The van der Waals surface area contributed by atoms with Gasteiger partial charge in [-0.25, -0.2) is 0 Å². The molecule has 6 heteroatoms. The molecule has 1 aromatic heterocycles. The van der Waals surface area contributed by atoms with Crippen LogP contribution >= 0.6 is 15.9 Å². The van der Waals surface area contributed by atoms with Gasteiger partial charge in [-0.2, -0.15) is 0 Å². The van der Waals surface area contributed by atoms with Gasteiger partial charge in [-0.3, -0.25) is 15.1 Å². The number of non-ortho nitro benzene ring substituents is 1. The summed E-state index contributed by atoms with van der Waals surface area (Å²) in [6.07, 6.45) is 3.60. The Morgan fingerprint density at radius 3 is 2.70 bits per heavy atom. The quantitative estimate of drug-likeness (QED) is 0.672. The zero-order valence-corrected chi connectivity index (χ0v) is 12.6. The second-order valence-electron chi connectivity index (χ2n) is 4.44. The maximum absolute atomic E-state index is 10.7. The van der Waals surface area contributed by atoms with Crippen molar-refractivity contribution in [2.24, 2.45) is 0 Å². The van der Waals surface area contributed by atoms with E-state index < -0.39 is 4.92 Å². The van der Waals surface area contributed by atoms with Crippen LogP contribution in [-0.2, 0) is 13.1 Å². The Balaban J connectivity index is 1.98. The number of nitrogens with one attached hydrogen (secondary N) is 1. The summed E-state index contributed by atoms with van der Waals surface area (Å²) >= 11 is 3.36. The van der Waals surface area contributed by atoms with Crippen LogP contribution in [0.1, 0.15) is 16.7 Å². The van der Waals surface area contributed by atoms with E-state index >= 15 is 0 Å². The maximum Gasteiger partial charge on any atom is 0.270 e. The van der Waals surface area contributed by atoms with E-state index in [1.807, 2.05) is 19.2 Å². The van der Waals surface area contributed by atoms with E-state index in [0.717, 1.165) is 22.1 Å². The molecule has 0 unspecified atom stereocenters. The van der Waals surface area contributed by atoms with Crippen LogP contribution in [0.25, 0.3) is 0 Å². The third-order valence-corrected chi connectivity index (χ3v) is 3.75. The molecule has 0 fully saturated rings. The molecular formula is C14H14BrN3O2. The zero-order valence-electron chi connectivity index (χ0n) is 11.0. The van der Waals surface area contributed by atoms with Crippen LogP contribution < -0.4 is 5.32 Å². The van der Waals surface area contributed by atoms with Crippen molar-refractivity contribution in [3.05, 3.63) is 67.9 Å². The van der Waals surface area contributed by atoms with Crippen LogP contribution in [-0.4, -0.2) is 9.91 Å². The van der Waals surface area contributed by atoms with Gasteiger partial charge >= 0.3 is 0 Å². The molecule has 1 aromatic carbocycles. The number of hydrogen-bond acceptors (Lipinski definition) is 4. The highest BCUT2D eigenvalue weighted by atomic mass is 79.9. The van der Waals surface area contributed by atoms with Gasteiger partial charge in [0.15, 0.2) is 0 Å². The minimum absolute atomic E-state index is 0.0885. The molecule has 104 valence electrons. The van der Waals surface area contributed by atoms with E-state index in [1.54, 1.807) is 12.3 Å². The minimum Gasteiger partial charge on any atom is -0.309 e. The van der Waals surface area contributed by atoms with E-state index in [2.05, 4.69) is 26.2 Å². The average Bonchev–Trinajstić information content (AvgIpc) is 2.42. The van der Waals surface area contributed by atoms with Crippen molar-refractivity contribution < 1.29 is 4.92 Å². The summed E-state index contributed by atoms with van der Waals surface area (Å²) in [6.45, 7) is 3.39. The molecule has 0 atom stereocenters. The van der Waals surface area contributed by atoms with Crippen molar-refractivity contribution in [2.75, 3.05) is 0 Å². The Kier molecular flexibility index (Phi) is 4.81. The first-order valence-electron chi connectivity index (χ1n) is 6.11. The lowest BCUT2D eigenvalue weighted by atomic mass is 10.1. The van der Waals surface area contributed by atoms with Gasteiger partial charge in [-0.1, -0.05) is 15.9 Å². The van der Waals surface area contributed by atoms with Crippen LogP contribution in [0.15, 0.2) is 41.1 Å². The monoisotopic (exact) mass is 335 g/mol. The average molecular weight is 336 g/mol. The van der Waals surface area contributed by atoms with E-state index in [0.29, 0.717) is 6.54 Å². The first-order valence-corrected chi connectivity index (χ1v) is 6.90. The maximum atomic E-state index is 10.7. The molecule has 1 N–H and O–H groups in total. The highest BCUT2D eigenvalue weighted by Gasteiger charge is 2.08. The van der Waals surface area contributed by atoms with Crippen molar-refractivity contribution in [2.45, 2.75) is 20.0 Å². The molecule has 0 bridgehead atoms. The van der Waals surface area contributed by atoms with Gasteiger partial charge in [0.1, 0.15) is 0 Å². The first-order chi connectivity index (χ1) is 9.58. The van der Waals surface area contributed by atoms with Crippen molar-refractivity contribution in [1.82, 2.24) is 10.3 Å². The molecule has 0 aliphatic carbocycles. The van der Waals surface area contributed by atoms with Crippen molar-refractivity contribution in [1.29, 1.82) is 0 Å². The van der Waals surface area contributed by atoms with Crippen LogP contribution in [0, 0.1) is 17.0 Å². The molecule has 2 aromatic rings. The molecule has 0 spiro atoms. The number of halogens is 1. The number of nitrogens with zero attached hydrogens (tertiary/aromatic N) is 2. The summed E-state index contributed by atoms with van der Waals surface area (Å²) in [5.74, 6) is 0. The highest BCUT2D eigenvalue weighted by Crippen LogP contribution is 2.22. The predicted octanol–water partition coefficient (Wildman–Crippen LogP) is 3.35. The predicted molar refractivity (Wildman–Crippen MR) is 80.3 cm³/mol. The number of rotatable bonds is 5. The fourth-order valence-corrected chi connectivity index (χ4v) is 2.33. The normalized spacial score (nSPS) is 10.5. The Morgan fingerprint density at radius 1 is 1.30 bits per heavy atom. The summed E-state index contributed by atoms with van der Waals surface area (Å²) < 4.78 is 0.741. The second-order valence-corrected chi connectivity index (χ2v) is 5.29. The van der Waals surface area contributed by atoms with Crippen molar-refractivity contribution >= 4 is 21.6 Å². The minimum atomic E-state index is -0.400. The van der Waals surface area contributed by atoms with E-state index in [4.69, 9.17) is 0 Å². The van der Waals surface area contributed by atoms with Crippen molar-refractivity contribution in [3.63, 3.8) is 0 Å². The van der Waals surface area contributed by atoms with Crippen molar-refractivity contribution in [3.8, 4) is 0 Å². The number of aromatic nitrogens is 1. The van der Waals surface area contributed by atoms with Crippen LogP contribution in [0.2, 0.25) is 0 Å². The SMILES string of the molecule is Cc1cnccc1CNCc1ccc([N+](=O)[O-])cc1Br. The summed E-state index contributed by atoms with van der Waals surface area (Å²) in [6, 6.07) is 6.77. The lowest BCUT2D eigenvalue weighted by molar-refractivity contribution is -0.384. The Morgan fingerprint density at radius 2 is 2.05 bits per heavy atom. The Bertz CT molecular complexity index is 632. The number of aryl methyl sites for hydroxylation is 1. The Hall–Kier alpha value is -1.79. The molecule has 5 nitrogen and oxygen atoms in total. The first kappa shape index (κ1) is 14.6. The third kappa shape index (κ3) is 3.61. The molecule has 0 radical (unpaired) electrons. The summed E-state index contributed by atoms with van der Waals surface area (Å²) in [4.78, 5) is 14.3. The summed E-state index contributed by atoms with van der Waals surface area (Å²) in [5.41, 5.74) is 3.41. The number of hydrogen-bond donors (Lipinski definition) is 1. The number of nitro groups is 1. The highest BCUT2D eigenvalue weighted by molar-refractivity contribution is 9.10. The topological polar surface area (TPSA) is 68.1 Å². The molecule has 0 aliphatic heterocycles. The molecule has 0 saturated heterocycles. The van der Waals surface area contributed by atoms with Gasteiger partial charge in [0.25, 0.3) is 5.69 Å². The smallest absolute Gasteiger partial charge is 0.270 e. The second kappa shape index (κ2) is 6.58.